The molecule has 0 aliphatic rings. The topological polar surface area (TPSA) is 30.2 Å². The van der Waals surface area contributed by atoms with Crippen LogP contribution in [0.25, 0.3) is 16.6 Å². The second-order valence-electron chi connectivity index (χ2n) is 3.02. The first-order valence-electron chi connectivity index (χ1n) is 4.24. The molecule has 3 nitrogen and oxygen atoms in total. The van der Waals surface area contributed by atoms with Gasteiger partial charge in [-0.2, -0.15) is 5.10 Å². The van der Waals surface area contributed by atoms with E-state index in [-0.39, 0.29) is 0 Å². The molecule has 0 saturated carbocycles. The minimum Gasteiger partial charge on any atom is -0.216 e. The van der Waals surface area contributed by atoms with E-state index in [0.717, 1.165) is 16.6 Å². The van der Waals surface area contributed by atoms with Crippen LogP contribution in [0.15, 0.2) is 36.5 Å². The third kappa shape index (κ3) is 0.930. The molecule has 0 fully saturated rings. The highest BCUT2D eigenvalue weighted by molar-refractivity contribution is 6.34. The summed E-state index contributed by atoms with van der Waals surface area (Å²) in [7, 11) is 0. The van der Waals surface area contributed by atoms with Crippen LogP contribution in [0.1, 0.15) is 0 Å². The first kappa shape index (κ1) is 7.76. The van der Waals surface area contributed by atoms with E-state index in [2.05, 4.69) is 10.1 Å². The summed E-state index contributed by atoms with van der Waals surface area (Å²) in [5.74, 6) is 0. The number of fused-ring (bicyclic) bond motifs is 3. The van der Waals surface area contributed by atoms with E-state index >= 15 is 0 Å². The zero-order valence-corrected chi connectivity index (χ0v) is 7.94. The van der Waals surface area contributed by atoms with Gasteiger partial charge in [-0.05, 0) is 12.1 Å². The zero-order valence-electron chi connectivity index (χ0n) is 7.18. The molecule has 0 atom stereocenters. The Hall–Kier alpha value is -1.61. The summed E-state index contributed by atoms with van der Waals surface area (Å²) in [6.45, 7) is 0. The van der Waals surface area contributed by atoms with Crippen molar-refractivity contribution < 1.29 is 0 Å². The minimum atomic E-state index is 0.522. The van der Waals surface area contributed by atoms with Crippen LogP contribution in [-0.4, -0.2) is 14.6 Å². The smallest absolute Gasteiger partial charge is 0.157 e. The van der Waals surface area contributed by atoms with E-state index in [9.17, 15) is 0 Å². The van der Waals surface area contributed by atoms with Crippen LogP contribution in [0.5, 0.6) is 0 Å². The molecule has 2 aromatic heterocycles. The molecule has 14 heavy (non-hydrogen) atoms. The monoisotopic (exact) mass is 203 g/mol. The quantitative estimate of drug-likeness (QED) is 0.526. The van der Waals surface area contributed by atoms with Crippen LogP contribution >= 0.6 is 11.6 Å². The standard InChI is InChI=1S/C10H6ClN3/c11-10-7-3-1-2-4-8(7)14-9(13-10)5-6-12-14/h1-6H. The molecule has 0 amide bonds. The van der Waals surface area contributed by atoms with Crippen molar-refractivity contribution in [2.24, 2.45) is 0 Å². The summed E-state index contributed by atoms with van der Waals surface area (Å²) < 4.78 is 1.78. The van der Waals surface area contributed by atoms with Crippen LogP contribution < -0.4 is 0 Å². The van der Waals surface area contributed by atoms with Crippen LogP contribution in [0.2, 0.25) is 5.15 Å². The first-order valence-corrected chi connectivity index (χ1v) is 4.62. The van der Waals surface area contributed by atoms with Crippen molar-refractivity contribution in [3.8, 4) is 0 Å². The van der Waals surface area contributed by atoms with Gasteiger partial charge in [0, 0.05) is 11.5 Å². The highest BCUT2D eigenvalue weighted by atomic mass is 35.5. The minimum absolute atomic E-state index is 0.522. The molecule has 4 heteroatoms. The van der Waals surface area contributed by atoms with Crippen molar-refractivity contribution in [3.05, 3.63) is 41.7 Å². The summed E-state index contributed by atoms with van der Waals surface area (Å²) in [6, 6.07) is 9.64. The van der Waals surface area contributed by atoms with E-state index in [0.29, 0.717) is 5.15 Å². The first-order chi connectivity index (χ1) is 6.86. The van der Waals surface area contributed by atoms with Gasteiger partial charge in [-0.1, -0.05) is 23.7 Å². The lowest BCUT2D eigenvalue weighted by atomic mass is 10.2. The maximum Gasteiger partial charge on any atom is 0.157 e. The Bertz CT molecular complexity index is 615. The summed E-state index contributed by atoms with van der Waals surface area (Å²) in [4.78, 5) is 4.23. The van der Waals surface area contributed by atoms with Crippen LogP contribution in [0, 0.1) is 0 Å². The molecular formula is C10H6ClN3. The highest BCUT2D eigenvalue weighted by Gasteiger charge is 2.05. The van der Waals surface area contributed by atoms with Crippen molar-refractivity contribution in [2.75, 3.05) is 0 Å². The predicted octanol–water partition coefficient (Wildman–Crippen LogP) is 2.54. The SMILES string of the molecule is Clc1nc2ccnn2c2ccccc12. The van der Waals surface area contributed by atoms with Crippen molar-refractivity contribution in [2.45, 2.75) is 0 Å². The number of benzene rings is 1. The van der Waals surface area contributed by atoms with E-state index in [1.54, 1.807) is 10.7 Å². The zero-order chi connectivity index (χ0) is 9.54. The Morgan fingerprint density at radius 3 is 2.93 bits per heavy atom. The molecule has 0 saturated heterocycles. The third-order valence-corrected chi connectivity index (χ3v) is 2.48. The molecule has 0 aliphatic carbocycles. The Morgan fingerprint density at radius 1 is 1.14 bits per heavy atom. The Morgan fingerprint density at radius 2 is 2.00 bits per heavy atom. The molecule has 0 bridgehead atoms. The van der Waals surface area contributed by atoms with Crippen molar-refractivity contribution in [1.29, 1.82) is 0 Å². The van der Waals surface area contributed by atoms with Gasteiger partial charge in [0.25, 0.3) is 0 Å². The molecule has 3 rings (SSSR count). The lowest BCUT2D eigenvalue weighted by Crippen LogP contribution is -1.93. The fraction of sp³-hybridized carbons (Fsp3) is 0. The summed E-state index contributed by atoms with van der Waals surface area (Å²) in [5.41, 5.74) is 1.75. The second-order valence-corrected chi connectivity index (χ2v) is 3.38. The molecule has 0 spiro atoms. The maximum absolute atomic E-state index is 6.04. The van der Waals surface area contributed by atoms with Crippen molar-refractivity contribution in [1.82, 2.24) is 14.6 Å². The Labute approximate surface area is 84.9 Å². The molecular weight excluding hydrogens is 198 g/mol. The van der Waals surface area contributed by atoms with Gasteiger partial charge >= 0.3 is 0 Å². The van der Waals surface area contributed by atoms with Gasteiger partial charge in [0.15, 0.2) is 5.65 Å². The number of halogens is 1. The van der Waals surface area contributed by atoms with E-state index in [1.807, 2.05) is 30.3 Å². The molecule has 0 aliphatic heterocycles. The number of aromatic nitrogens is 3. The summed E-state index contributed by atoms with van der Waals surface area (Å²) in [6.07, 6.45) is 1.71. The number of nitrogens with zero attached hydrogens (tertiary/aromatic N) is 3. The molecule has 0 unspecified atom stereocenters. The van der Waals surface area contributed by atoms with E-state index in [4.69, 9.17) is 11.6 Å². The summed E-state index contributed by atoms with van der Waals surface area (Å²) in [5, 5.41) is 5.63. The lowest BCUT2D eigenvalue weighted by Gasteiger charge is -2.01. The molecule has 3 aromatic rings. The maximum atomic E-state index is 6.04. The van der Waals surface area contributed by atoms with Gasteiger partial charge in [0.05, 0.1) is 11.7 Å². The van der Waals surface area contributed by atoms with Gasteiger partial charge in [-0.25, -0.2) is 9.50 Å². The average Bonchev–Trinajstić information content (AvgIpc) is 2.66. The molecule has 68 valence electrons. The van der Waals surface area contributed by atoms with Crippen molar-refractivity contribution in [3.63, 3.8) is 0 Å². The Kier molecular flexibility index (Phi) is 1.49. The third-order valence-electron chi connectivity index (χ3n) is 2.19. The summed E-state index contributed by atoms with van der Waals surface area (Å²) >= 11 is 6.04. The largest absolute Gasteiger partial charge is 0.216 e. The van der Waals surface area contributed by atoms with Gasteiger partial charge in [-0.15, -0.1) is 0 Å². The van der Waals surface area contributed by atoms with Gasteiger partial charge in [-0.3, -0.25) is 0 Å². The molecule has 0 radical (unpaired) electrons. The van der Waals surface area contributed by atoms with E-state index < -0.39 is 0 Å². The molecule has 0 N–H and O–H groups in total. The number of hydrogen-bond acceptors (Lipinski definition) is 2. The van der Waals surface area contributed by atoms with Crippen LogP contribution in [0.4, 0.5) is 0 Å². The van der Waals surface area contributed by atoms with Gasteiger partial charge in [0.1, 0.15) is 5.15 Å². The van der Waals surface area contributed by atoms with E-state index in [1.165, 1.54) is 0 Å². The predicted molar refractivity (Wildman–Crippen MR) is 55.5 cm³/mol. The van der Waals surface area contributed by atoms with Crippen LogP contribution in [-0.2, 0) is 0 Å². The fourth-order valence-electron chi connectivity index (χ4n) is 1.56. The highest BCUT2D eigenvalue weighted by Crippen LogP contribution is 2.21. The number of para-hydroxylation sites is 1. The average molecular weight is 204 g/mol. The normalized spacial score (nSPS) is 11.2. The Balaban J connectivity index is 2.67. The second kappa shape index (κ2) is 2.69. The fourth-order valence-corrected chi connectivity index (χ4v) is 1.81. The number of rotatable bonds is 0. The number of hydrogen-bond donors (Lipinski definition) is 0. The van der Waals surface area contributed by atoms with Crippen LogP contribution in [0.3, 0.4) is 0 Å². The lowest BCUT2D eigenvalue weighted by molar-refractivity contribution is 0.984. The van der Waals surface area contributed by atoms with Crippen molar-refractivity contribution >= 4 is 28.2 Å². The molecule has 1 aromatic carbocycles. The molecule has 2 heterocycles. The van der Waals surface area contributed by atoms with Gasteiger partial charge in [0.2, 0.25) is 0 Å². The van der Waals surface area contributed by atoms with Gasteiger partial charge < -0.3 is 0 Å².